The molecule has 0 spiro atoms. The van der Waals surface area contributed by atoms with Gasteiger partial charge in [0.15, 0.2) is 0 Å². The van der Waals surface area contributed by atoms with E-state index in [0.29, 0.717) is 0 Å². The van der Waals surface area contributed by atoms with E-state index in [-0.39, 0.29) is 0 Å². The van der Waals surface area contributed by atoms with Gasteiger partial charge in [0.2, 0.25) is 5.13 Å². The van der Waals surface area contributed by atoms with Crippen molar-refractivity contribution in [1.29, 1.82) is 0 Å². The van der Waals surface area contributed by atoms with Gasteiger partial charge in [-0.05, 0) is 38.5 Å². The summed E-state index contributed by atoms with van der Waals surface area (Å²) in [6.45, 7) is 5.95. The van der Waals surface area contributed by atoms with E-state index in [0.717, 1.165) is 20.8 Å². The maximum Gasteiger partial charge on any atom is 0.204 e. The molecule has 0 aliphatic heterocycles. The predicted octanol–water partition coefficient (Wildman–Crippen LogP) is 4.17. The highest BCUT2D eigenvalue weighted by atomic mass is 79.9. The van der Waals surface area contributed by atoms with Gasteiger partial charge in [-0.2, -0.15) is 5.10 Å². The summed E-state index contributed by atoms with van der Waals surface area (Å²) in [5.74, 6) is 0. The van der Waals surface area contributed by atoms with Crippen LogP contribution in [0.2, 0.25) is 0 Å². The maximum atomic E-state index is 4.50. The molecule has 0 unspecified atom stereocenters. The molecule has 0 aliphatic rings. The first-order valence-corrected chi connectivity index (χ1v) is 6.51. The van der Waals surface area contributed by atoms with Crippen LogP contribution in [-0.4, -0.2) is 10.7 Å². The van der Waals surface area contributed by atoms with Gasteiger partial charge in [0.25, 0.3) is 0 Å². The normalized spacial score (nSPS) is 10.5. The van der Waals surface area contributed by atoms with Crippen LogP contribution in [0.5, 0.6) is 0 Å². The molecule has 0 radical (unpaired) electrons. The van der Waals surface area contributed by atoms with Crippen LogP contribution in [0.4, 0.5) is 5.13 Å². The minimum Gasteiger partial charge on any atom is -0.253 e. The second kappa shape index (κ2) is 4.51. The predicted molar refractivity (Wildman–Crippen MR) is 74.5 cm³/mol. The molecule has 0 aliphatic carbocycles. The number of hydrogen-bond acceptors (Lipinski definition) is 4. The van der Waals surface area contributed by atoms with Crippen molar-refractivity contribution in [1.82, 2.24) is 4.98 Å². The van der Waals surface area contributed by atoms with Crippen molar-refractivity contribution in [3.05, 3.63) is 22.2 Å². The van der Waals surface area contributed by atoms with Gasteiger partial charge in [-0.3, -0.25) is 5.43 Å². The number of halogens is 1. The Balaban J connectivity index is 2.44. The van der Waals surface area contributed by atoms with E-state index >= 15 is 0 Å². The van der Waals surface area contributed by atoms with Crippen LogP contribution in [0.25, 0.3) is 10.2 Å². The van der Waals surface area contributed by atoms with Crippen LogP contribution >= 0.6 is 27.3 Å². The van der Waals surface area contributed by atoms with Crippen molar-refractivity contribution < 1.29 is 0 Å². The molecule has 1 N–H and O–H groups in total. The molecule has 2 rings (SSSR count). The van der Waals surface area contributed by atoms with E-state index < -0.39 is 0 Å². The summed E-state index contributed by atoms with van der Waals surface area (Å²) in [4.78, 5) is 4.50. The lowest BCUT2D eigenvalue weighted by molar-refractivity contribution is 1.28. The van der Waals surface area contributed by atoms with Crippen molar-refractivity contribution in [3.63, 3.8) is 0 Å². The van der Waals surface area contributed by atoms with E-state index in [1.807, 2.05) is 13.8 Å². The number of hydrogen-bond donors (Lipinski definition) is 1. The van der Waals surface area contributed by atoms with Gasteiger partial charge < -0.3 is 0 Å². The molecule has 1 aromatic heterocycles. The van der Waals surface area contributed by atoms with Gasteiger partial charge in [-0.15, -0.1) is 0 Å². The zero-order valence-electron chi connectivity index (χ0n) is 9.34. The Bertz CT molecular complexity index is 556. The monoisotopic (exact) mass is 297 g/mol. The van der Waals surface area contributed by atoms with Gasteiger partial charge in [0, 0.05) is 10.2 Å². The van der Waals surface area contributed by atoms with E-state index in [1.165, 1.54) is 10.3 Å². The lowest BCUT2D eigenvalue weighted by atomic mass is 10.2. The number of thiazole rings is 1. The molecule has 0 fully saturated rings. The SMILES string of the molecule is CC(C)=NNc1nc2c(C)cc(Br)cc2s1. The summed E-state index contributed by atoms with van der Waals surface area (Å²) in [6, 6.07) is 4.15. The minimum atomic E-state index is 0.831. The molecule has 2 aromatic rings. The number of aromatic nitrogens is 1. The molecule has 84 valence electrons. The molecule has 0 bridgehead atoms. The Morgan fingerprint density at radius 1 is 1.44 bits per heavy atom. The van der Waals surface area contributed by atoms with E-state index in [9.17, 15) is 0 Å². The molecular weight excluding hydrogens is 286 g/mol. The summed E-state index contributed by atoms with van der Waals surface area (Å²) in [6.07, 6.45) is 0. The van der Waals surface area contributed by atoms with E-state index in [2.05, 4.69) is 50.5 Å². The number of hydrazone groups is 1. The van der Waals surface area contributed by atoms with Crippen LogP contribution in [0.15, 0.2) is 21.7 Å². The molecule has 0 amide bonds. The van der Waals surface area contributed by atoms with Crippen LogP contribution < -0.4 is 5.43 Å². The van der Waals surface area contributed by atoms with Crippen molar-refractivity contribution >= 4 is 48.3 Å². The van der Waals surface area contributed by atoms with Gasteiger partial charge >= 0.3 is 0 Å². The Morgan fingerprint density at radius 2 is 2.19 bits per heavy atom. The fraction of sp³-hybridized carbons (Fsp3) is 0.273. The molecular formula is C11H12BrN3S. The minimum absolute atomic E-state index is 0.831. The summed E-state index contributed by atoms with van der Waals surface area (Å²) in [7, 11) is 0. The van der Waals surface area contributed by atoms with Gasteiger partial charge in [0.05, 0.1) is 10.2 Å². The third-order valence-corrected chi connectivity index (χ3v) is 3.39. The number of nitrogens with one attached hydrogen (secondary N) is 1. The number of aryl methyl sites for hydroxylation is 1. The number of fused-ring (bicyclic) bond motifs is 1. The molecule has 5 heteroatoms. The Morgan fingerprint density at radius 3 is 2.88 bits per heavy atom. The highest BCUT2D eigenvalue weighted by Crippen LogP contribution is 2.30. The topological polar surface area (TPSA) is 37.3 Å². The Hall–Kier alpha value is -0.940. The Labute approximate surface area is 107 Å². The fourth-order valence-electron chi connectivity index (χ4n) is 1.36. The van der Waals surface area contributed by atoms with E-state index in [1.54, 1.807) is 11.3 Å². The first kappa shape index (κ1) is 11.5. The average Bonchev–Trinajstić information content (AvgIpc) is 2.57. The smallest absolute Gasteiger partial charge is 0.204 e. The number of rotatable bonds is 2. The molecule has 0 saturated heterocycles. The largest absolute Gasteiger partial charge is 0.253 e. The second-order valence-electron chi connectivity index (χ2n) is 3.76. The van der Waals surface area contributed by atoms with Gasteiger partial charge in [-0.25, -0.2) is 4.98 Å². The molecule has 16 heavy (non-hydrogen) atoms. The summed E-state index contributed by atoms with van der Waals surface area (Å²) in [5.41, 5.74) is 6.16. The highest BCUT2D eigenvalue weighted by molar-refractivity contribution is 9.10. The summed E-state index contributed by atoms with van der Waals surface area (Å²) < 4.78 is 2.25. The third-order valence-electron chi connectivity index (χ3n) is 2.03. The van der Waals surface area contributed by atoms with Crippen LogP contribution in [0.3, 0.4) is 0 Å². The number of nitrogens with zero attached hydrogens (tertiary/aromatic N) is 2. The highest BCUT2D eigenvalue weighted by Gasteiger charge is 2.06. The lowest BCUT2D eigenvalue weighted by Crippen LogP contribution is -1.91. The van der Waals surface area contributed by atoms with Crippen molar-refractivity contribution in [2.75, 3.05) is 5.43 Å². The number of benzene rings is 1. The zero-order valence-corrected chi connectivity index (χ0v) is 11.7. The Kier molecular flexibility index (Phi) is 3.25. The van der Waals surface area contributed by atoms with Gasteiger partial charge in [0.1, 0.15) is 0 Å². The summed E-state index contributed by atoms with van der Waals surface area (Å²) in [5, 5.41) is 4.98. The first-order valence-electron chi connectivity index (χ1n) is 4.90. The average molecular weight is 298 g/mol. The lowest BCUT2D eigenvalue weighted by Gasteiger charge is -1.94. The summed E-state index contributed by atoms with van der Waals surface area (Å²) >= 11 is 5.09. The first-order chi connectivity index (χ1) is 7.56. The maximum absolute atomic E-state index is 4.50. The molecule has 0 saturated carbocycles. The zero-order chi connectivity index (χ0) is 11.7. The second-order valence-corrected chi connectivity index (χ2v) is 5.71. The van der Waals surface area contributed by atoms with E-state index in [4.69, 9.17) is 0 Å². The molecule has 3 nitrogen and oxygen atoms in total. The van der Waals surface area contributed by atoms with Crippen molar-refractivity contribution in [2.24, 2.45) is 5.10 Å². The molecule has 1 aromatic carbocycles. The third kappa shape index (κ3) is 2.41. The van der Waals surface area contributed by atoms with Crippen LogP contribution in [-0.2, 0) is 0 Å². The standard InChI is InChI=1S/C11H12BrN3S/c1-6(2)14-15-11-13-10-7(3)4-8(12)5-9(10)16-11/h4-5H,1-3H3,(H,13,15). The molecule has 1 heterocycles. The van der Waals surface area contributed by atoms with Crippen molar-refractivity contribution in [3.8, 4) is 0 Å². The molecule has 0 atom stereocenters. The van der Waals surface area contributed by atoms with Gasteiger partial charge in [-0.1, -0.05) is 27.3 Å². The number of anilines is 1. The van der Waals surface area contributed by atoms with Crippen LogP contribution in [0.1, 0.15) is 19.4 Å². The fourth-order valence-corrected chi connectivity index (χ4v) is 3.01. The van der Waals surface area contributed by atoms with Crippen molar-refractivity contribution in [2.45, 2.75) is 20.8 Å². The van der Waals surface area contributed by atoms with Crippen LogP contribution in [0, 0.1) is 6.92 Å². The quantitative estimate of drug-likeness (QED) is 0.667.